The fourth-order valence-electron chi connectivity index (χ4n) is 3.99. The number of nitrogens with zero attached hydrogens (tertiary/aromatic N) is 1. The number of aromatic nitrogens is 1. The monoisotopic (exact) mass is 490 g/mol. The summed E-state index contributed by atoms with van der Waals surface area (Å²) in [4.78, 5) is 12.1. The summed E-state index contributed by atoms with van der Waals surface area (Å²) in [5.41, 5.74) is 8.48. The van der Waals surface area contributed by atoms with Gasteiger partial charge in [0.25, 0.3) is 0 Å². The van der Waals surface area contributed by atoms with E-state index < -0.39 is 15.8 Å². The van der Waals surface area contributed by atoms with Crippen LogP contribution in [-0.4, -0.2) is 30.7 Å². The Morgan fingerprint density at radius 3 is 2.21 bits per heavy atom. The van der Waals surface area contributed by atoms with Gasteiger partial charge in [0.2, 0.25) is 9.84 Å². The van der Waals surface area contributed by atoms with Gasteiger partial charge in [0.1, 0.15) is 11.4 Å². The Bertz CT molecular complexity index is 1290. The van der Waals surface area contributed by atoms with Crippen molar-refractivity contribution >= 4 is 33.1 Å². The first kappa shape index (κ1) is 24.7. The van der Waals surface area contributed by atoms with E-state index in [1.165, 1.54) is 35.8 Å². The molecular formula is C24H27ClN2O5S. The molecule has 0 aliphatic heterocycles. The van der Waals surface area contributed by atoms with Crippen molar-refractivity contribution in [3.8, 4) is 5.75 Å². The van der Waals surface area contributed by atoms with Gasteiger partial charge in [0.15, 0.2) is 0 Å². The van der Waals surface area contributed by atoms with Crippen molar-refractivity contribution in [3.63, 3.8) is 0 Å². The van der Waals surface area contributed by atoms with Crippen LogP contribution >= 0.6 is 11.6 Å². The summed E-state index contributed by atoms with van der Waals surface area (Å²) < 4.78 is 33.9. The van der Waals surface area contributed by atoms with Crippen LogP contribution < -0.4 is 10.5 Å². The van der Waals surface area contributed by atoms with E-state index in [0.717, 1.165) is 11.1 Å². The molecule has 0 saturated carbocycles. The number of benzene rings is 2. The first-order valence-electron chi connectivity index (χ1n) is 10.4. The van der Waals surface area contributed by atoms with Crippen LogP contribution in [0.4, 0.5) is 5.69 Å². The largest absolute Gasteiger partial charge is 0.494 e. The van der Waals surface area contributed by atoms with Crippen molar-refractivity contribution in [3.05, 3.63) is 69.5 Å². The maximum Gasteiger partial charge on any atom is 0.352 e. The highest BCUT2D eigenvalue weighted by atomic mass is 35.5. The van der Waals surface area contributed by atoms with Crippen LogP contribution in [0.1, 0.15) is 39.3 Å². The average Bonchev–Trinajstić information content (AvgIpc) is 2.99. The third-order valence-corrected chi connectivity index (χ3v) is 8.19. The molecular weight excluding hydrogens is 464 g/mol. The summed E-state index contributed by atoms with van der Waals surface area (Å²) >= 11 is 6.19. The van der Waals surface area contributed by atoms with E-state index in [4.69, 9.17) is 22.1 Å². The van der Waals surface area contributed by atoms with Crippen LogP contribution in [0.2, 0.25) is 5.02 Å². The molecule has 0 radical (unpaired) electrons. The van der Waals surface area contributed by atoms with E-state index in [0.29, 0.717) is 35.2 Å². The third-order valence-electron chi connectivity index (χ3n) is 5.57. The predicted octanol–water partition coefficient (Wildman–Crippen LogP) is 4.96. The van der Waals surface area contributed by atoms with Crippen LogP contribution in [0.3, 0.4) is 0 Å². The minimum atomic E-state index is -3.92. The van der Waals surface area contributed by atoms with Crippen molar-refractivity contribution in [2.75, 3.05) is 12.3 Å². The minimum Gasteiger partial charge on any atom is -0.494 e. The van der Waals surface area contributed by atoms with E-state index in [1.54, 1.807) is 6.92 Å². The van der Waals surface area contributed by atoms with Gasteiger partial charge in [0.05, 0.1) is 16.4 Å². The van der Waals surface area contributed by atoms with Crippen molar-refractivity contribution in [1.29, 1.82) is 0 Å². The van der Waals surface area contributed by atoms with Crippen molar-refractivity contribution in [2.45, 2.75) is 50.5 Å². The molecule has 0 aliphatic carbocycles. The lowest BCUT2D eigenvalue weighted by Gasteiger charge is -2.12. The number of carboxylic acids is 1. The zero-order chi connectivity index (χ0) is 24.5. The number of carbonyl (C=O) groups is 1. The molecule has 0 amide bonds. The number of anilines is 1. The zero-order valence-corrected chi connectivity index (χ0v) is 20.5. The second-order valence-corrected chi connectivity index (χ2v) is 10.3. The summed E-state index contributed by atoms with van der Waals surface area (Å²) in [6, 6.07) is 9.55. The molecule has 3 aromatic rings. The van der Waals surface area contributed by atoms with E-state index in [2.05, 4.69) is 0 Å². The molecule has 7 nitrogen and oxygen atoms in total. The molecule has 33 heavy (non-hydrogen) atoms. The SMILES string of the molecule is Cc1cc(OCCCn2c(C)c(S(=O)(=O)c3ccc(N)cc3)c(C)c2C(=O)O)cc(C)c1Cl. The fourth-order valence-corrected chi connectivity index (χ4v) is 5.83. The molecule has 0 saturated heterocycles. The summed E-state index contributed by atoms with van der Waals surface area (Å²) in [7, 11) is -3.92. The van der Waals surface area contributed by atoms with Gasteiger partial charge in [0, 0.05) is 28.5 Å². The number of hydrogen-bond acceptors (Lipinski definition) is 5. The van der Waals surface area contributed by atoms with E-state index >= 15 is 0 Å². The lowest BCUT2D eigenvalue weighted by atomic mass is 10.1. The number of nitrogen functional groups attached to an aromatic ring is 1. The van der Waals surface area contributed by atoms with Crippen molar-refractivity contribution in [1.82, 2.24) is 4.57 Å². The number of hydrogen-bond donors (Lipinski definition) is 2. The van der Waals surface area contributed by atoms with Gasteiger partial charge in [-0.25, -0.2) is 13.2 Å². The van der Waals surface area contributed by atoms with Crippen LogP contribution in [0, 0.1) is 27.7 Å². The number of carboxylic acid groups (broad SMARTS) is 1. The molecule has 0 fully saturated rings. The Kier molecular flexibility index (Phi) is 7.09. The predicted molar refractivity (Wildman–Crippen MR) is 128 cm³/mol. The van der Waals surface area contributed by atoms with Gasteiger partial charge in [-0.15, -0.1) is 0 Å². The van der Waals surface area contributed by atoms with Gasteiger partial charge in [-0.2, -0.15) is 0 Å². The number of ether oxygens (including phenoxy) is 1. The lowest BCUT2D eigenvalue weighted by molar-refractivity contribution is 0.0683. The molecule has 3 rings (SSSR count). The molecule has 0 unspecified atom stereocenters. The molecule has 176 valence electrons. The molecule has 1 aromatic heterocycles. The second-order valence-electron chi connectivity index (χ2n) is 7.99. The summed E-state index contributed by atoms with van der Waals surface area (Å²) in [6.45, 7) is 7.56. The highest BCUT2D eigenvalue weighted by molar-refractivity contribution is 7.91. The van der Waals surface area contributed by atoms with Crippen LogP contribution in [0.5, 0.6) is 5.75 Å². The first-order chi connectivity index (χ1) is 15.4. The Morgan fingerprint density at radius 2 is 1.67 bits per heavy atom. The Morgan fingerprint density at radius 1 is 1.09 bits per heavy atom. The number of rotatable bonds is 8. The highest BCUT2D eigenvalue weighted by Crippen LogP contribution is 2.32. The van der Waals surface area contributed by atoms with Crippen molar-refractivity contribution < 1.29 is 23.1 Å². The van der Waals surface area contributed by atoms with E-state index in [9.17, 15) is 18.3 Å². The maximum absolute atomic E-state index is 13.3. The van der Waals surface area contributed by atoms with Crippen LogP contribution in [-0.2, 0) is 16.4 Å². The standard InChI is InChI=1S/C24H27ClN2O5S/c1-14-12-19(13-15(2)21(14)25)32-11-5-10-27-17(4)23(16(3)22(27)24(28)29)33(30,31)20-8-6-18(26)7-9-20/h6-9,12-13H,5,10-11,26H2,1-4H3,(H,28,29). The summed E-state index contributed by atoms with van der Waals surface area (Å²) in [5, 5.41) is 10.5. The van der Waals surface area contributed by atoms with Gasteiger partial charge in [-0.1, -0.05) is 11.6 Å². The normalized spacial score (nSPS) is 11.5. The van der Waals surface area contributed by atoms with Gasteiger partial charge in [-0.3, -0.25) is 0 Å². The third kappa shape index (κ3) is 4.86. The van der Waals surface area contributed by atoms with Crippen molar-refractivity contribution in [2.24, 2.45) is 0 Å². The minimum absolute atomic E-state index is 0.00883. The molecule has 0 aliphatic rings. The quantitative estimate of drug-likeness (QED) is 0.341. The first-order valence-corrected chi connectivity index (χ1v) is 12.2. The number of halogens is 1. The van der Waals surface area contributed by atoms with Gasteiger partial charge >= 0.3 is 5.97 Å². The lowest BCUT2D eigenvalue weighted by Crippen LogP contribution is -2.13. The van der Waals surface area contributed by atoms with E-state index in [1.807, 2.05) is 26.0 Å². The molecule has 0 spiro atoms. The molecule has 3 N–H and O–H groups in total. The average molecular weight is 491 g/mol. The molecule has 9 heteroatoms. The topological polar surface area (TPSA) is 112 Å². The Hall–Kier alpha value is -2.97. The number of sulfone groups is 1. The summed E-state index contributed by atoms with van der Waals surface area (Å²) in [5.74, 6) is -0.501. The Labute approximate surface area is 198 Å². The second kappa shape index (κ2) is 9.49. The molecule has 1 heterocycles. The summed E-state index contributed by atoms with van der Waals surface area (Å²) in [6.07, 6.45) is 0.483. The molecule has 0 bridgehead atoms. The number of aryl methyl sites for hydroxylation is 2. The van der Waals surface area contributed by atoms with E-state index in [-0.39, 0.29) is 27.6 Å². The number of nitrogens with two attached hydrogens (primary N) is 1. The molecule has 2 aromatic carbocycles. The van der Waals surface area contributed by atoms with Gasteiger partial charge in [-0.05, 0) is 81.6 Å². The number of aromatic carboxylic acids is 1. The Balaban J connectivity index is 1.87. The van der Waals surface area contributed by atoms with Crippen LogP contribution in [0.25, 0.3) is 0 Å². The smallest absolute Gasteiger partial charge is 0.352 e. The fraction of sp³-hybridized carbons (Fsp3) is 0.292. The zero-order valence-electron chi connectivity index (χ0n) is 19.0. The van der Waals surface area contributed by atoms with Gasteiger partial charge < -0.3 is 20.1 Å². The molecule has 0 atom stereocenters. The highest BCUT2D eigenvalue weighted by Gasteiger charge is 2.31. The maximum atomic E-state index is 13.3. The van der Waals surface area contributed by atoms with Crippen LogP contribution in [0.15, 0.2) is 46.2 Å².